The van der Waals surface area contributed by atoms with E-state index in [2.05, 4.69) is 15.5 Å². The number of aliphatic hydroxyl groups excluding tert-OH is 1. The average Bonchev–Trinajstić information content (AvgIpc) is 3.07. The maximum absolute atomic E-state index is 12.6. The van der Waals surface area contributed by atoms with Gasteiger partial charge in [-0.05, 0) is 42.2 Å². The average molecular weight is 364 g/mol. The summed E-state index contributed by atoms with van der Waals surface area (Å²) < 4.78 is 0. The van der Waals surface area contributed by atoms with Crippen molar-refractivity contribution in [2.75, 3.05) is 18.4 Å². The molecule has 1 atom stereocenters. The molecule has 0 saturated carbocycles. The number of fused-ring (bicyclic) bond motifs is 2. The number of aliphatic hydroxyl groups is 1. The first-order chi connectivity index (χ1) is 13.0. The van der Waals surface area contributed by atoms with Gasteiger partial charge in [-0.3, -0.25) is 14.7 Å². The van der Waals surface area contributed by atoms with Crippen molar-refractivity contribution in [3.05, 3.63) is 59.3 Å². The van der Waals surface area contributed by atoms with Crippen LogP contribution in [0.25, 0.3) is 10.9 Å². The van der Waals surface area contributed by atoms with Gasteiger partial charge in [-0.25, -0.2) is 0 Å². The molecule has 0 saturated heterocycles. The van der Waals surface area contributed by atoms with Crippen LogP contribution in [0.1, 0.15) is 22.8 Å². The summed E-state index contributed by atoms with van der Waals surface area (Å²) in [6.07, 6.45) is 1.52. The molecule has 1 aromatic heterocycles. The zero-order chi connectivity index (χ0) is 19.0. The summed E-state index contributed by atoms with van der Waals surface area (Å²) in [6, 6.07) is 11.1. The number of anilines is 1. The van der Waals surface area contributed by atoms with Gasteiger partial charge < -0.3 is 15.3 Å². The first-order valence-corrected chi connectivity index (χ1v) is 8.83. The molecule has 3 N–H and O–H groups in total. The van der Waals surface area contributed by atoms with Crippen LogP contribution in [0.5, 0.6) is 0 Å². The van der Waals surface area contributed by atoms with E-state index >= 15 is 0 Å². The minimum Gasteiger partial charge on any atom is -0.387 e. The molecule has 7 nitrogen and oxygen atoms in total. The van der Waals surface area contributed by atoms with Gasteiger partial charge in [0.15, 0.2) is 0 Å². The highest BCUT2D eigenvalue weighted by Crippen LogP contribution is 2.24. The number of carbonyl (C=O) groups is 2. The topological polar surface area (TPSA) is 98.3 Å². The standard InChI is InChI=1S/C20H20N4O3/c1-12-8-14(9-17-16(12)10-21-23-17)22-19(26)20(27)24-7-6-13-4-2-3-5-15(13)18(25)11-24/h2-5,8-10,18,25H,6-7,11H2,1H3,(H,21,23)(H,22,26). The number of H-pyrrole nitrogens is 1. The molecule has 0 fully saturated rings. The number of carbonyl (C=O) groups excluding carboxylic acids is 2. The van der Waals surface area contributed by atoms with E-state index in [1.807, 2.05) is 31.2 Å². The fourth-order valence-electron chi connectivity index (χ4n) is 3.55. The molecule has 1 aliphatic rings. The number of hydrogen-bond acceptors (Lipinski definition) is 4. The van der Waals surface area contributed by atoms with Crippen molar-refractivity contribution in [1.29, 1.82) is 0 Å². The van der Waals surface area contributed by atoms with Crippen molar-refractivity contribution >= 4 is 28.4 Å². The molecule has 0 bridgehead atoms. The maximum atomic E-state index is 12.6. The van der Waals surface area contributed by atoms with Crippen molar-refractivity contribution in [2.24, 2.45) is 0 Å². The number of nitrogens with one attached hydrogen (secondary N) is 2. The molecule has 2 aromatic carbocycles. The first kappa shape index (κ1) is 17.2. The molecule has 27 heavy (non-hydrogen) atoms. The normalized spacial score (nSPS) is 16.7. The summed E-state index contributed by atoms with van der Waals surface area (Å²) in [7, 11) is 0. The summed E-state index contributed by atoms with van der Waals surface area (Å²) in [4.78, 5) is 26.5. The van der Waals surface area contributed by atoms with E-state index in [-0.39, 0.29) is 6.54 Å². The Morgan fingerprint density at radius 3 is 2.96 bits per heavy atom. The molecule has 2 heterocycles. The number of rotatable bonds is 1. The van der Waals surface area contributed by atoms with Gasteiger partial charge in [0.2, 0.25) is 0 Å². The molecule has 0 spiro atoms. The van der Waals surface area contributed by atoms with E-state index in [9.17, 15) is 14.7 Å². The molecule has 0 radical (unpaired) electrons. The van der Waals surface area contributed by atoms with Crippen LogP contribution in [0.2, 0.25) is 0 Å². The summed E-state index contributed by atoms with van der Waals surface area (Å²) in [6.45, 7) is 2.40. The van der Waals surface area contributed by atoms with Gasteiger partial charge >= 0.3 is 11.8 Å². The fourth-order valence-corrected chi connectivity index (χ4v) is 3.55. The molecular formula is C20H20N4O3. The number of β-amino-alcohol motifs (C(OH)–C–C–N with tert-alkyl or cyclic N) is 1. The monoisotopic (exact) mass is 364 g/mol. The minimum atomic E-state index is -0.802. The number of nitrogens with zero attached hydrogens (tertiary/aromatic N) is 2. The van der Waals surface area contributed by atoms with Gasteiger partial charge in [0.05, 0.1) is 24.4 Å². The van der Waals surface area contributed by atoms with Crippen LogP contribution in [-0.4, -0.2) is 45.1 Å². The van der Waals surface area contributed by atoms with Crippen molar-refractivity contribution in [1.82, 2.24) is 15.1 Å². The third kappa shape index (κ3) is 3.29. The van der Waals surface area contributed by atoms with E-state index in [0.29, 0.717) is 18.7 Å². The lowest BCUT2D eigenvalue weighted by atomic mass is 10.0. The smallest absolute Gasteiger partial charge is 0.313 e. The Morgan fingerprint density at radius 2 is 2.11 bits per heavy atom. The lowest BCUT2D eigenvalue weighted by Gasteiger charge is -2.21. The van der Waals surface area contributed by atoms with Gasteiger partial charge in [0.1, 0.15) is 0 Å². The lowest BCUT2D eigenvalue weighted by molar-refractivity contribution is -0.144. The largest absolute Gasteiger partial charge is 0.387 e. The van der Waals surface area contributed by atoms with Crippen LogP contribution >= 0.6 is 0 Å². The molecule has 1 aliphatic heterocycles. The second-order valence-corrected chi connectivity index (χ2v) is 6.79. The van der Waals surface area contributed by atoms with Crippen LogP contribution in [0, 0.1) is 6.92 Å². The molecule has 4 rings (SSSR count). The predicted molar refractivity (Wildman–Crippen MR) is 101 cm³/mol. The van der Waals surface area contributed by atoms with E-state index in [4.69, 9.17) is 0 Å². The highest BCUT2D eigenvalue weighted by atomic mass is 16.3. The third-order valence-electron chi connectivity index (χ3n) is 4.96. The Balaban J connectivity index is 1.49. The predicted octanol–water partition coefficient (Wildman–Crippen LogP) is 1.93. The molecule has 0 aliphatic carbocycles. The maximum Gasteiger partial charge on any atom is 0.313 e. The van der Waals surface area contributed by atoms with E-state index in [0.717, 1.165) is 27.6 Å². The third-order valence-corrected chi connectivity index (χ3v) is 4.96. The van der Waals surface area contributed by atoms with Gasteiger partial charge in [-0.2, -0.15) is 5.10 Å². The molecule has 1 unspecified atom stereocenters. The quantitative estimate of drug-likeness (QED) is 0.575. The van der Waals surface area contributed by atoms with Gasteiger partial charge in [0.25, 0.3) is 0 Å². The number of aromatic amines is 1. The molecular weight excluding hydrogens is 344 g/mol. The Hall–Kier alpha value is -3.19. The van der Waals surface area contributed by atoms with Crippen LogP contribution in [0.4, 0.5) is 5.69 Å². The van der Waals surface area contributed by atoms with Crippen molar-refractivity contribution < 1.29 is 14.7 Å². The van der Waals surface area contributed by atoms with Crippen molar-refractivity contribution in [3.63, 3.8) is 0 Å². The van der Waals surface area contributed by atoms with E-state index in [1.165, 1.54) is 4.90 Å². The summed E-state index contributed by atoms with van der Waals surface area (Å²) in [5.74, 6) is -1.37. The second-order valence-electron chi connectivity index (χ2n) is 6.79. The van der Waals surface area contributed by atoms with Gasteiger partial charge in [-0.15, -0.1) is 0 Å². The zero-order valence-electron chi connectivity index (χ0n) is 14.9. The number of aryl methyl sites for hydroxylation is 1. The highest BCUT2D eigenvalue weighted by molar-refractivity contribution is 6.39. The number of benzene rings is 2. The Morgan fingerprint density at radius 1 is 1.30 bits per heavy atom. The number of hydrogen-bond donors (Lipinski definition) is 3. The number of aromatic nitrogens is 2. The van der Waals surface area contributed by atoms with Crippen LogP contribution in [-0.2, 0) is 16.0 Å². The van der Waals surface area contributed by atoms with E-state index < -0.39 is 17.9 Å². The lowest BCUT2D eigenvalue weighted by Crippen LogP contribution is -2.41. The second kappa shape index (κ2) is 6.85. The highest BCUT2D eigenvalue weighted by Gasteiger charge is 2.28. The summed E-state index contributed by atoms with van der Waals surface area (Å²) >= 11 is 0. The zero-order valence-corrected chi connectivity index (χ0v) is 14.9. The van der Waals surface area contributed by atoms with E-state index in [1.54, 1.807) is 18.3 Å². The SMILES string of the molecule is Cc1cc(NC(=O)C(=O)N2CCc3ccccc3C(O)C2)cc2[nH]ncc12. The van der Waals surface area contributed by atoms with Crippen LogP contribution in [0.15, 0.2) is 42.6 Å². The molecule has 3 aromatic rings. The van der Waals surface area contributed by atoms with Crippen molar-refractivity contribution in [3.8, 4) is 0 Å². The van der Waals surface area contributed by atoms with Crippen LogP contribution in [0.3, 0.4) is 0 Å². The first-order valence-electron chi connectivity index (χ1n) is 8.83. The van der Waals surface area contributed by atoms with Gasteiger partial charge in [0, 0.05) is 17.6 Å². The fraction of sp³-hybridized carbons (Fsp3) is 0.250. The molecule has 7 heteroatoms. The minimum absolute atomic E-state index is 0.0991. The Kier molecular flexibility index (Phi) is 4.37. The Labute approximate surface area is 156 Å². The summed E-state index contributed by atoms with van der Waals surface area (Å²) in [5.41, 5.74) is 4.08. The molecule has 2 amide bonds. The molecule has 138 valence electrons. The summed E-state index contributed by atoms with van der Waals surface area (Å²) in [5, 5.41) is 20.9. The Bertz CT molecular complexity index is 1030. The number of amides is 2. The van der Waals surface area contributed by atoms with Gasteiger partial charge in [-0.1, -0.05) is 24.3 Å². The van der Waals surface area contributed by atoms with Crippen molar-refractivity contribution in [2.45, 2.75) is 19.4 Å². The van der Waals surface area contributed by atoms with Crippen LogP contribution < -0.4 is 5.32 Å².